The number of aliphatic imine (C=N–C) groups is 1. The molecule has 0 unspecified atom stereocenters. The van der Waals surface area contributed by atoms with E-state index in [2.05, 4.69) is 44.6 Å². The third kappa shape index (κ3) is 6.70. The molecule has 7 heteroatoms. The van der Waals surface area contributed by atoms with Gasteiger partial charge < -0.3 is 15.1 Å². The van der Waals surface area contributed by atoms with Gasteiger partial charge >= 0.3 is 0 Å². The summed E-state index contributed by atoms with van der Waals surface area (Å²) < 4.78 is 5.63. The Balaban J connectivity index is 0.00000240. The van der Waals surface area contributed by atoms with E-state index in [1.165, 1.54) is 37.8 Å². The number of oxazole rings is 1. The molecule has 2 saturated carbocycles. The van der Waals surface area contributed by atoms with Crippen LogP contribution in [0.5, 0.6) is 0 Å². The van der Waals surface area contributed by atoms with Crippen molar-refractivity contribution in [2.24, 2.45) is 10.9 Å². The number of halogens is 1. The highest BCUT2D eigenvalue weighted by atomic mass is 127. The van der Waals surface area contributed by atoms with Crippen LogP contribution < -0.4 is 10.6 Å². The summed E-state index contributed by atoms with van der Waals surface area (Å²) in [5, 5.41) is 6.76. The number of nitrogens with one attached hydrogen (secondary N) is 2. The Kier molecular flexibility index (Phi) is 7.94. The number of aromatic nitrogens is 1. The molecule has 0 atom stereocenters. The number of hydrogen-bond acceptors (Lipinski definition) is 4. The zero-order valence-electron chi connectivity index (χ0n) is 17.4. The molecule has 2 fully saturated rings. The number of aryl methyl sites for hydroxylation is 1. The van der Waals surface area contributed by atoms with Crippen molar-refractivity contribution in [2.45, 2.75) is 45.2 Å². The van der Waals surface area contributed by atoms with Gasteiger partial charge in [-0.15, -0.1) is 24.0 Å². The lowest BCUT2D eigenvalue weighted by molar-refractivity contribution is 0.256. The molecule has 158 valence electrons. The average molecular weight is 509 g/mol. The quantitative estimate of drug-likeness (QED) is 0.306. The third-order valence-electron chi connectivity index (χ3n) is 5.46. The molecule has 0 aliphatic heterocycles. The molecule has 29 heavy (non-hydrogen) atoms. The van der Waals surface area contributed by atoms with E-state index in [1.807, 2.05) is 12.1 Å². The smallest absolute Gasteiger partial charge is 0.226 e. The standard InChI is InChI=1S/C22H31N5O.HI/c1-16-3-7-18(8-4-16)21-26-19(15-28-21)13-25-22(23-2)24-11-12-27(20-9-10-20)14-17-5-6-17;/h3-4,7-8,15,17,20H,5-6,9-14H2,1-2H3,(H2,23,24,25);1H. The largest absolute Gasteiger partial charge is 0.444 e. The Morgan fingerprint density at radius 2 is 1.93 bits per heavy atom. The maximum absolute atomic E-state index is 5.63. The summed E-state index contributed by atoms with van der Waals surface area (Å²) in [5.41, 5.74) is 3.09. The number of nitrogens with zero attached hydrogens (tertiary/aromatic N) is 3. The minimum atomic E-state index is 0. The molecule has 2 N–H and O–H groups in total. The number of hydrogen-bond donors (Lipinski definition) is 2. The molecule has 0 amide bonds. The molecule has 0 saturated heterocycles. The van der Waals surface area contributed by atoms with Crippen molar-refractivity contribution >= 4 is 29.9 Å². The van der Waals surface area contributed by atoms with Crippen molar-refractivity contribution in [3.8, 4) is 11.5 Å². The summed E-state index contributed by atoms with van der Waals surface area (Å²) in [7, 11) is 1.80. The lowest BCUT2D eigenvalue weighted by atomic mass is 10.1. The van der Waals surface area contributed by atoms with Gasteiger partial charge in [0.05, 0.1) is 12.2 Å². The summed E-state index contributed by atoms with van der Waals surface area (Å²) >= 11 is 0. The Morgan fingerprint density at radius 1 is 1.17 bits per heavy atom. The van der Waals surface area contributed by atoms with Crippen LogP contribution in [0.4, 0.5) is 0 Å². The van der Waals surface area contributed by atoms with E-state index in [0.29, 0.717) is 12.4 Å². The molecule has 2 aliphatic carbocycles. The Hall–Kier alpha value is -1.61. The van der Waals surface area contributed by atoms with E-state index in [4.69, 9.17) is 4.42 Å². The minimum absolute atomic E-state index is 0. The van der Waals surface area contributed by atoms with Gasteiger partial charge in [0.1, 0.15) is 6.26 Å². The monoisotopic (exact) mass is 509 g/mol. The molecule has 4 rings (SSSR count). The van der Waals surface area contributed by atoms with Gasteiger partial charge in [0.25, 0.3) is 0 Å². The van der Waals surface area contributed by atoms with Crippen molar-refractivity contribution in [3.05, 3.63) is 41.8 Å². The van der Waals surface area contributed by atoms with E-state index >= 15 is 0 Å². The SMILES string of the molecule is CN=C(NCCN(CC1CC1)C1CC1)NCc1coc(-c2ccc(C)cc2)n1.I. The van der Waals surface area contributed by atoms with Gasteiger partial charge in [-0.3, -0.25) is 9.89 Å². The first-order chi connectivity index (χ1) is 13.7. The van der Waals surface area contributed by atoms with Gasteiger partial charge in [0.2, 0.25) is 5.89 Å². The van der Waals surface area contributed by atoms with Crippen molar-refractivity contribution < 1.29 is 4.42 Å². The van der Waals surface area contributed by atoms with Crippen molar-refractivity contribution in [3.63, 3.8) is 0 Å². The van der Waals surface area contributed by atoms with Gasteiger partial charge in [-0.05, 0) is 50.7 Å². The van der Waals surface area contributed by atoms with Gasteiger partial charge in [-0.25, -0.2) is 4.98 Å². The van der Waals surface area contributed by atoms with Gasteiger partial charge in [0, 0.05) is 38.3 Å². The molecule has 0 radical (unpaired) electrons. The Bertz CT molecular complexity index is 796. The van der Waals surface area contributed by atoms with Crippen LogP contribution >= 0.6 is 24.0 Å². The fraction of sp³-hybridized carbons (Fsp3) is 0.545. The molecule has 0 spiro atoms. The van der Waals surface area contributed by atoms with E-state index < -0.39 is 0 Å². The average Bonchev–Trinajstić information content (AvgIpc) is 3.63. The predicted octanol–water partition coefficient (Wildman–Crippen LogP) is 3.81. The van der Waals surface area contributed by atoms with Crippen LogP contribution in [0.2, 0.25) is 0 Å². The van der Waals surface area contributed by atoms with Crippen molar-refractivity contribution in [1.29, 1.82) is 0 Å². The van der Waals surface area contributed by atoms with Crippen molar-refractivity contribution in [2.75, 3.05) is 26.7 Å². The Labute approximate surface area is 190 Å². The number of guanidine groups is 1. The molecular weight excluding hydrogens is 477 g/mol. The maximum atomic E-state index is 5.63. The summed E-state index contributed by atoms with van der Waals surface area (Å²) in [6.45, 7) is 5.94. The normalized spacial score (nSPS) is 16.6. The summed E-state index contributed by atoms with van der Waals surface area (Å²) in [6, 6.07) is 9.03. The summed E-state index contributed by atoms with van der Waals surface area (Å²) in [6.07, 6.45) is 7.29. The molecule has 2 aliphatic rings. The second-order valence-electron chi connectivity index (χ2n) is 8.03. The molecule has 0 bridgehead atoms. The first-order valence-corrected chi connectivity index (χ1v) is 10.4. The molecule has 1 heterocycles. The van der Waals surface area contributed by atoms with E-state index in [0.717, 1.165) is 42.3 Å². The maximum Gasteiger partial charge on any atom is 0.226 e. The predicted molar refractivity (Wildman–Crippen MR) is 128 cm³/mol. The summed E-state index contributed by atoms with van der Waals surface area (Å²) in [5.74, 6) is 2.41. The third-order valence-corrected chi connectivity index (χ3v) is 5.46. The van der Waals surface area contributed by atoms with Gasteiger partial charge in [-0.2, -0.15) is 0 Å². The van der Waals surface area contributed by atoms with Crippen LogP contribution in [0.15, 0.2) is 39.9 Å². The Morgan fingerprint density at radius 3 is 2.59 bits per heavy atom. The minimum Gasteiger partial charge on any atom is -0.444 e. The van der Waals surface area contributed by atoms with Gasteiger partial charge in [0.15, 0.2) is 5.96 Å². The van der Waals surface area contributed by atoms with Crippen LogP contribution in [-0.4, -0.2) is 48.6 Å². The highest BCUT2D eigenvalue weighted by Gasteiger charge is 2.33. The molecule has 1 aromatic heterocycles. The summed E-state index contributed by atoms with van der Waals surface area (Å²) in [4.78, 5) is 11.6. The fourth-order valence-electron chi connectivity index (χ4n) is 3.42. The van der Waals surface area contributed by atoms with E-state index in [9.17, 15) is 0 Å². The van der Waals surface area contributed by atoms with Crippen LogP contribution in [-0.2, 0) is 6.54 Å². The zero-order chi connectivity index (χ0) is 19.3. The first-order valence-electron chi connectivity index (χ1n) is 10.4. The van der Waals surface area contributed by atoms with E-state index in [-0.39, 0.29) is 24.0 Å². The van der Waals surface area contributed by atoms with Gasteiger partial charge in [-0.1, -0.05) is 17.7 Å². The highest BCUT2D eigenvalue weighted by molar-refractivity contribution is 14.0. The van der Waals surface area contributed by atoms with Crippen LogP contribution in [0.3, 0.4) is 0 Å². The molecular formula is C22H32IN5O. The van der Waals surface area contributed by atoms with Crippen molar-refractivity contribution in [1.82, 2.24) is 20.5 Å². The zero-order valence-corrected chi connectivity index (χ0v) is 19.7. The molecule has 2 aromatic rings. The number of rotatable bonds is 9. The number of benzene rings is 1. The first kappa shape index (κ1) is 22.1. The second-order valence-corrected chi connectivity index (χ2v) is 8.03. The highest BCUT2D eigenvalue weighted by Crippen LogP contribution is 2.34. The van der Waals surface area contributed by atoms with Crippen LogP contribution in [0.1, 0.15) is 36.9 Å². The molecule has 6 nitrogen and oxygen atoms in total. The van der Waals surface area contributed by atoms with E-state index in [1.54, 1.807) is 13.3 Å². The molecule has 1 aromatic carbocycles. The van der Waals surface area contributed by atoms with Crippen LogP contribution in [0, 0.1) is 12.8 Å². The van der Waals surface area contributed by atoms with Crippen LogP contribution in [0.25, 0.3) is 11.5 Å². The lowest BCUT2D eigenvalue weighted by Gasteiger charge is -2.22. The lowest BCUT2D eigenvalue weighted by Crippen LogP contribution is -2.42. The fourth-order valence-corrected chi connectivity index (χ4v) is 3.42. The topological polar surface area (TPSA) is 65.7 Å². The second kappa shape index (κ2) is 10.4.